The van der Waals surface area contributed by atoms with E-state index in [1.165, 1.54) is 12.1 Å². The molecule has 1 unspecified atom stereocenters. The summed E-state index contributed by atoms with van der Waals surface area (Å²) in [5.74, 6) is 0.240. The van der Waals surface area contributed by atoms with Gasteiger partial charge in [0, 0.05) is 20.1 Å². The topological polar surface area (TPSA) is 32.3 Å². The van der Waals surface area contributed by atoms with Crippen LogP contribution in [-0.4, -0.2) is 30.9 Å². The number of carbonyl (C=O) groups is 1. The van der Waals surface area contributed by atoms with Gasteiger partial charge in [0.1, 0.15) is 5.82 Å². The standard InChI is InChI=1S/C16H23FN2O/c1-12(2)16(8-9-18-11-16)15(20)19(3)10-13-4-6-14(17)7-5-13/h4-7,12,18H,8-11H2,1-3H3. The van der Waals surface area contributed by atoms with E-state index in [9.17, 15) is 9.18 Å². The zero-order valence-corrected chi connectivity index (χ0v) is 12.4. The molecule has 0 radical (unpaired) electrons. The van der Waals surface area contributed by atoms with E-state index in [1.807, 2.05) is 7.05 Å². The molecule has 1 aliphatic rings. The molecular formula is C16H23FN2O. The minimum Gasteiger partial charge on any atom is -0.341 e. The van der Waals surface area contributed by atoms with Crippen molar-refractivity contribution in [3.05, 3.63) is 35.6 Å². The molecule has 0 bridgehead atoms. The van der Waals surface area contributed by atoms with E-state index in [0.717, 1.165) is 25.1 Å². The lowest BCUT2D eigenvalue weighted by Gasteiger charge is -2.35. The van der Waals surface area contributed by atoms with Gasteiger partial charge in [-0.05, 0) is 36.6 Å². The lowest BCUT2D eigenvalue weighted by Crippen LogP contribution is -2.46. The van der Waals surface area contributed by atoms with E-state index in [0.29, 0.717) is 12.5 Å². The zero-order valence-electron chi connectivity index (χ0n) is 12.4. The number of benzene rings is 1. The Morgan fingerprint density at radius 1 is 1.40 bits per heavy atom. The lowest BCUT2D eigenvalue weighted by atomic mass is 9.75. The van der Waals surface area contributed by atoms with Gasteiger partial charge in [-0.2, -0.15) is 0 Å². The summed E-state index contributed by atoms with van der Waals surface area (Å²) in [6.45, 7) is 6.38. The SMILES string of the molecule is CC(C)C1(C(=O)N(C)Cc2ccc(F)cc2)CCNC1. The second-order valence-corrected chi connectivity index (χ2v) is 6.03. The molecule has 110 valence electrons. The number of nitrogens with one attached hydrogen (secondary N) is 1. The molecule has 0 aromatic heterocycles. The number of nitrogens with zero attached hydrogens (tertiary/aromatic N) is 1. The predicted octanol–water partition coefficient (Wildman–Crippen LogP) is 2.42. The van der Waals surface area contributed by atoms with Crippen molar-refractivity contribution in [2.24, 2.45) is 11.3 Å². The zero-order chi connectivity index (χ0) is 14.8. The molecule has 3 nitrogen and oxygen atoms in total. The maximum atomic E-state index is 12.9. The first-order valence-corrected chi connectivity index (χ1v) is 7.16. The van der Waals surface area contributed by atoms with E-state index in [2.05, 4.69) is 19.2 Å². The minimum atomic E-state index is -0.297. The Morgan fingerprint density at radius 2 is 2.05 bits per heavy atom. The largest absolute Gasteiger partial charge is 0.341 e. The second kappa shape index (κ2) is 5.92. The molecular weight excluding hydrogens is 255 g/mol. The summed E-state index contributed by atoms with van der Waals surface area (Å²) in [6.07, 6.45) is 0.886. The summed E-state index contributed by atoms with van der Waals surface area (Å²) >= 11 is 0. The Morgan fingerprint density at radius 3 is 2.55 bits per heavy atom. The van der Waals surface area contributed by atoms with Crippen molar-refractivity contribution >= 4 is 5.91 Å². The third-order valence-corrected chi connectivity index (χ3v) is 4.40. The Bertz CT molecular complexity index is 464. The fourth-order valence-electron chi connectivity index (χ4n) is 2.95. The fraction of sp³-hybridized carbons (Fsp3) is 0.562. The van der Waals surface area contributed by atoms with Crippen LogP contribution >= 0.6 is 0 Å². The van der Waals surface area contributed by atoms with Crippen LogP contribution in [0.2, 0.25) is 0 Å². The van der Waals surface area contributed by atoms with Crippen LogP contribution in [0.15, 0.2) is 24.3 Å². The highest BCUT2D eigenvalue weighted by atomic mass is 19.1. The van der Waals surface area contributed by atoms with Crippen molar-refractivity contribution in [3.63, 3.8) is 0 Å². The molecule has 1 aromatic rings. The third kappa shape index (κ3) is 2.85. The maximum absolute atomic E-state index is 12.9. The number of rotatable bonds is 4. The van der Waals surface area contributed by atoms with E-state index in [4.69, 9.17) is 0 Å². The molecule has 0 saturated carbocycles. The van der Waals surface area contributed by atoms with Gasteiger partial charge in [0.15, 0.2) is 0 Å². The van der Waals surface area contributed by atoms with Crippen molar-refractivity contribution in [3.8, 4) is 0 Å². The van der Waals surface area contributed by atoms with Crippen LogP contribution in [0.4, 0.5) is 4.39 Å². The van der Waals surface area contributed by atoms with Gasteiger partial charge < -0.3 is 10.2 Å². The Hall–Kier alpha value is -1.42. The highest BCUT2D eigenvalue weighted by Crippen LogP contribution is 2.36. The van der Waals surface area contributed by atoms with Crippen LogP contribution in [0.5, 0.6) is 0 Å². The van der Waals surface area contributed by atoms with E-state index >= 15 is 0 Å². The van der Waals surface area contributed by atoms with Gasteiger partial charge in [-0.15, -0.1) is 0 Å². The summed E-state index contributed by atoms with van der Waals surface area (Å²) < 4.78 is 12.9. The quantitative estimate of drug-likeness (QED) is 0.917. The van der Waals surface area contributed by atoms with Gasteiger partial charge in [0.2, 0.25) is 5.91 Å². The van der Waals surface area contributed by atoms with Gasteiger partial charge in [0.25, 0.3) is 0 Å². The first-order chi connectivity index (χ1) is 9.45. The van der Waals surface area contributed by atoms with E-state index in [1.54, 1.807) is 17.0 Å². The molecule has 1 N–H and O–H groups in total. The summed E-state index contributed by atoms with van der Waals surface area (Å²) in [4.78, 5) is 14.6. The van der Waals surface area contributed by atoms with Gasteiger partial charge in [-0.3, -0.25) is 4.79 Å². The van der Waals surface area contributed by atoms with Crippen molar-refractivity contribution in [2.75, 3.05) is 20.1 Å². The van der Waals surface area contributed by atoms with Crippen LogP contribution in [0.1, 0.15) is 25.8 Å². The second-order valence-electron chi connectivity index (χ2n) is 6.03. The summed E-state index contributed by atoms with van der Waals surface area (Å²) in [5, 5.41) is 3.30. The van der Waals surface area contributed by atoms with Gasteiger partial charge in [0.05, 0.1) is 5.41 Å². The van der Waals surface area contributed by atoms with Crippen LogP contribution in [0.3, 0.4) is 0 Å². The molecule has 1 aromatic carbocycles. The molecule has 1 fully saturated rings. The van der Waals surface area contributed by atoms with Gasteiger partial charge in [-0.25, -0.2) is 4.39 Å². The number of carbonyl (C=O) groups excluding carboxylic acids is 1. The molecule has 1 saturated heterocycles. The molecule has 20 heavy (non-hydrogen) atoms. The Kier molecular flexibility index (Phi) is 4.43. The molecule has 1 heterocycles. The molecule has 1 aliphatic heterocycles. The molecule has 2 rings (SSSR count). The molecule has 0 aliphatic carbocycles. The van der Waals surface area contributed by atoms with Crippen molar-refractivity contribution in [1.29, 1.82) is 0 Å². The third-order valence-electron chi connectivity index (χ3n) is 4.40. The normalized spacial score (nSPS) is 22.2. The summed E-state index contributed by atoms with van der Waals surface area (Å²) in [6, 6.07) is 6.33. The highest BCUT2D eigenvalue weighted by molar-refractivity contribution is 5.83. The molecule has 1 amide bonds. The summed E-state index contributed by atoms with van der Waals surface area (Å²) in [5.41, 5.74) is 0.654. The highest BCUT2D eigenvalue weighted by Gasteiger charge is 2.45. The first-order valence-electron chi connectivity index (χ1n) is 7.16. The van der Waals surface area contributed by atoms with Crippen LogP contribution < -0.4 is 5.32 Å². The van der Waals surface area contributed by atoms with Crippen molar-refractivity contribution in [1.82, 2.24) is 10.2 Å². The van der Waals surface area contributed by atoms with Crippen LogP contribution in [0.25, 0.3) is 0 Å². The smallest absolute Gasteiger partial charge is 0.230 e. The number of hydrogen-bond donors (Lipinski definition) is 1. The molecule has 0 spiro atoms. The maximum Gasteiger partial charge on any atom is 0.230 e. The predicted molar refractivity (Wildman–Crippen MR) is 77.6 cm³/mol. The minimum absolute atomic E-state index is 0.182. The van der Waals surface area contributed by atoms with Crippen LogP contribution in [-0.2, 0) is 11.3 Å². The monoisotopic (exact) mass is 278 g/mol. The van der Waals surface area contributed by atoms with Gasteiger partial charge in [-0.1, -0.05) is 26.0 Å². The van der Waals surface area contributed by atoms with Crippen LogP contribution in [0, 0.1) is 17.2 Å². The number of halogens is 1. The van der Waals surface area contributed by atoms with E-state index < -0.39 is 0 Å². The van der Waals surface area contributed by atoms with Crippen molar-refractivity contribution < 1.29 is 9.18 Å². The Balaban J connectivity index is 2.09. The number of hydrogen-bond acceptors (Lipinski definition) is 2. The fourth-order valence-corrected chi connectivity index (χ4v) is 2.95. The average Bonchev–Trinajstić information content (AvgIpc) is 2.91. The summed E-state index contributed by atoms with van der Waals surface area (Å²) in [7, 11) is 1.83. The lowest BCUT2D eigenvalue weighted by molar-refractivity contribution is -0.142. The average molecular weight is 278 g/mol. The Labute approximate surface area is 120 Å². The van der Waals surface area contributed by atoms with Crippen molar-refractivity contribution in [2.45, 2.75) is 26.8 Å². The molecule has 1 atom stereocenters. The number of amides is 1. The van der Waals surface area contributed by atoms with Gasteiger partial charge >= 0.3 is 0 Å². The molecule has 4 heteroatoms. The first kappa shape index (κ1) is 15.0. The van der Waals surface area contributed by atoms with E-state index in [-0.39, 0.29) is 17.1 Å².